The Morgan fingerprint density at radius 1 is 0.967 bits per heavy atom. The van der Waals surface area contributed by atoms with Gasteiger partial charge in [-0.2, -0.15) is 0 Å². The second kappa shape index (κ2) is 8.16. The monoisotopic (exact) mass is 402 g/mol. The van der Waals surface area contributed by atoms with Crippen molar-refractivity contribution < 1.29 is 14.0 Å². The fraction of sp³-hybridized carbons (Fsp3) is 0.0870. The molecule has 4 rings (SSSR count). The average Bonchev–Trinajstić information content (AvgIpc) is 2.90. The number of hydrogen-bond acceptors (Lipinski definition) is 3. The SMILES string of the molecule is CN(C(=O)NC1N=C(c2ccccc2F)c2ccccc2NC1=O)c1ccccc1. The van der Waals surface area contributed by atoms with E-state index in [-0.39, 0.29) is 11.3 Å². The zero-order valence-electron chi connectivity index (χ0n) is 16.2. The standard InChI is InChI=1S/C23H19FN4O2/c1-28(15-9-3-2-4-10-15)23(30)27-21-22(29)25-19-14-8-6-12-17(19)20(26-21)16-11-5-7-13-18(16)24/h2-14,21H,1H3,(H,25,29)(H,27,30). The van der Waals surface area contributed by atoms with Crippen molar-refractivity contribution >= 4 is 29.0 Å². The maximum Gasteiger partial charge on any atom is 0.323 e. The summed E-state index contributed by atoms with van der Waals surface area (Å²) in [7, 11) is 1.59. The lowest BCUT2D eigenvalue weighted by Crippen LogP contribution is -2.47. The molecule has 0 saturated heterocycles. The van der Waals surface area contributed by atoms with Crippen LogP contribution in [0.25, 0.3) is 0 Å². The molecule has 1 heterocycles. The second-order valence-electron chi connectivity index (χ2n) is 6.74. The van der Waals surface area contributed by atoms with Crippen LogP contribution in [0.1, 0.15) is 11.1 Å². The highest BCUT2D eigenvalue weighted by atomic mass is 19.1. The Morgan fingerprint density at radius 3 is 2.33 bits per heavy atom. The number of benzodiazepines with no additional fused rings is 1. The smallest absolute Gasteiger partial charge is 0.322 e. The number of fused-ring (bicyclic) bond motifs is 1. The zero-order valence-corrected chi connectivity index (χ0v) is 16.2. The quantitative estimate of drug-likeness (QED) is 0.700. The number of carbonyl (C=O) groups is 2. The molecular formula is C23H19FN4O2. The first-order valence-electron chi connectivity index (χ1n) is 9.37. The lowest BCUT2D eigenvalue weighted by Gasteiger charge is -2.20. The van der Waals surface area contributed by atoms with E-state index in [1.165, 1.54) is 11.0 Å². The number of hydrogen-bond donors (Lipinski definition) is 2. The normalized spacial score (nSPS) is 15.3. The van der Waals surface area contributed by atoms with Gasteiger partial charge in [-0.1, -0.05) is 48.5 Å². The molecule has 3 aromatic rings. The van der Waals surface area contributed by atoms with Crippen molar-refractivity contribution in [3.8, 4) is 0 Å². The van der Waals surface area contributed by atoms with Crippen molar-refractivity contribution in [2.45, 2.75) is 6.17 Å². The maximum atomic E-state index is 14.6. The number of anilines is 2. The molecule has 2 N–H and O–H groups in total. The number of rotatable bonds is 3. The van der Waals surface area contributed by atoms with Crippen LogP contribution in [0, 0.1) is 5.82 Å². The number of carbonyl (C=O) groups excluding carboxylic acids is 2. The van der Waals surface area contributed by atoms with Crippen molar-refractivity contribution in [2.75, 3.05) is 17.3 Å². The first-order chi connectivity index (χ1) is 14.5. The van der Waals surface area contributed by atoms with Gasteiger partial charge >= 0.3 is 6.03 Å². The van der Waals surface area contributed by atoms with Gasteiger partial charge in [-0.15, -0.1) is 0 Å². The van der Waals surface area contributed by atoms with E-state index in [1.807, 2.05) is 18.2 Å². The third-order valence-electron chi connectivity index (χ3n) is 4.78. The van der Waals surface area contributed by atoms with Crippen LogP contribution in [-0.2, 0) is 4.79 Å². The summed E-state index contributed by atoms with van der Waals surface area (Å²) in [6.45, 7) is 0. The highest BCUT2D eigenvalue weighted by molar-refractivity contribution is 6.20. The van der Waals surface area contributed by atoms with E-state index in [4.69, 9.17) is 0 Å². The molecule has 0 spiro atoms. The van der Waals surface area contributed by atoms with Crippen LogP contribution in [0.4, 0.5) is 20.6 Å². The number of urea groups is 1. The third-order valence-corrected chi connectivity index (χ3v) is 4.78. The van der Waals surface area contributed by atoms with E-state index in [2.05, 4.69) is 15.6 Å². The first-order valence-corrected chi connectivity index (χ1v) is 9.37. The summed E-state index contributed by atoms with van der Waals surface area (Å²) in [4.78, 5) is 31.4. The number of halogens is 1. The van der Waals surface area contributed by atoms with Crippen LogP contribution in [0.2, 0.25) is 0 Å². The predicted octanol–water partition coefficient (Wildman–Crippen LogP) is 3.79. The van der Waals surface area contributed by atoms with E-state index in [9.17, 15) is 14.0 Å². The van der Waals surface area contributed by atoms with Crippen molar-refractivity contribution in [1.82, 2.24) is 5.32 Å². The fourth-order valence-corrected chi connectivity index (χ4v) is 3.21. The lowest BCUT2D eigenvalue weighted by atomic mass is 10.0. The molecule has 0 fully saturated rings. The highest BCUT2D eigenvalue weighted by Gasteiger charge is 2.28. The largest absolute Gasteiger partial charge is 0.323 e. The molecule has 30 heavy (non-hydrogen) atoms. The van der Waals surface area contributed by atoms with E-state index in [0.29, 0.717) is 16.9 Å². The van der Waals surface area contributed by atoms with Crippen LogP contribution in [0.15, 0.2) is 83.9 Å². The highest BCUT2D eigenvalue weighted by Crippen LogP contribution is 2.25. The van der Waals surface area contributed by atoms with Gasteiger partial charge in [0.15, 0.2) is 0 Å². The number of aliphatic imine (C=N–C) groups is 1. The molecule has 0 aliphatic carbocycles. The predicted molar refractivity (Wildman–Crippen MR) is 114 cm³/mol. The molecular weight excluding hydrogens is 383 g/mol. The van der Waals surface area contributed by atoms with Gasteiger partial charge in [0.1, 0.15) is 5.82 Å². The Balaban J connectivity index is 1.72. The van der Waals surface area contributed by atoms with Crippen LogP contribution >= 0.6 is 0 Å². The molecule has 1 aliphatic rings. The Kier molecular flexibility index (Phi) is 5.26. The molecule has 1 aliphatic heterocycles. The zero-order chi connectivity index (χ0) is 21.1. The van der Waals surface area contributed by atoms with Gasteiger partial charge < -0.3 is 10.6 Å². The Bertz CT molecular complexity index is 1130. The maximum absolute atomic E-state index is 14.6. The van der Waals surface area contributed by atoms with Gasteiger partial charge in [-0.25, -0.2) is 14.2 Å². The van der Waals surface area contributed by atoms with Crippen LogP contribution in [0.3, 0.4) is 0 Å². The summed E-state index contributed by atoms with van der Waals surface area (Å²) in [5, 5.41) is 5.39. The minimum absolute atomic E-state index is 0.247. The molecule has 0 bridgehead atoms. The van der Waals surface area contributed by atoms with Crippen molar-refractivity contribution in [1.29, 1.82) is 0 Å². The van der Waals surface area contributed by atoms with Gasteiger partial charge in [0.2, 0.25) is 6.17 Å². The summed E-state index contributed by atoms with van der Waals surface area (Å²) in [5.41, 5.74) is 2.26. The summed E-state index contributed by atoms with van der Waals surface area (Å²) >= 11 is 0. The minimum Gasteiger partial charge on any atom is -0.322 e. The second-order valence-corrected chi connectivity index (χ2v) is 6.74. The summed E-state index contributed by atoms with van der Waals surface area (Å²) in [5.74, 6) is -0.976. The van der Waals surface area contributed by atoms with E-state index in [0.717, 1.165) is 0 Å². The Morgan fingerprint density at radius 2 is 1.60 bits per heavy atom. The topological polar surface area (TPSA) is 73.8 Å². The van der Waals surface area contributed by atoms with Crippen molar-refractivity contribution in [3.05, 3.63) is 95.8 Å². The van der Waals surface area contributed by atoms with Crippen molar-refractivity contribution in [3.63, 3.8) is 0 Å². The van der Waals surface area contributed by atoms with Crippen LogP contribution < -0.4 is 15.5 Å². The minimum atomic E-state index is -1.23. The molecule has 1 unspecified atom stereocenters. The van der Waals surface area contributed by atoms with E-state index in [1.54, 1.807) is 61.6 Å². The van der Waals surface area contributed by atoms with Gasteiger partial charge in [0.05, 0.1) is 11.4 Å². The van der Waals surface area contributed by atoms with E-state index >= 15 is 0 Å². The van der Waals surface area contributed by atoms with E-state index < -0.39 is 23.9 Å². The average molecular weight is 402 g/mol. The molecule has 3 amide bonds. The summed E-state index contributed by atoms with van der Waals surface area (Å²) < 4.78 is 14.6. The van der Waals surface area contributed by atoms with Crippen molar-refractivity contribution in [2.24, 2.45) is 4.99 Å². The molecule has 7 heteroatoms. The number of benzene rings is 3. The van der Waals surface area contributed by atoms with Crippen LogP contribution in [-0.4, -0.2) is 30.9 Å². The number of nitrogens with one attached hydrogen (secondary N) is 2. The van der Waals surface area contributed by atoms with Gasteiger partial charge in [-0.05, 0) is 30.3 Å². The molecule has 1 atom stereocenters. The Hall–Kier alpha value is -4.00. The number of para-hydroxylation sites is 2. The molecule has 6 nitrogen and oxygen atoms in total. The molecule has 0 aromatic heterocycles. The first kappa shape index (κ1) is 19.3. The van der Waals surface area contributed by atoms with Gasteiger partial charge in [0, 0.05) is 23.9 Å². The summed E-state index contributed by atoms with van der Waals surface area (Å²) in [6.07, 6.45) is -1.23. The van der Waals surface area contributed by atoms with Gasteiger partial charge in [-0.3, -0.25) is 9.69 Å². The number of amides is 3. The molecule has 0 radical (unpaired) electrons. The van der Waals surface area contributed by atoms with Crippen LogP contribution in [0.5, 0.6) is 0 Å². The molecule has 0 saturated carbocycles. The van der Waals surface area contributed by atoms with Gasteiger partial charge in [0.25, 0.3) is 5.91 Å². The third kappa shape index (κ3) is 3.77. The number of nitrogens with zero attached hydrogens (tertiary/aromatic N) is 2. The molecule has 3 aromatic carbocycles. The summed E-state index contributed by atoms with van der Waals surface area (Å²) in [6, 6.07) is 21.7. The Labute approximate surface area is 173 Å². The molecule has 150 valence electrons. The lowest BCUT2D eigenvalue weighted by molar-refractivity contribution is -0.117. The fourth-order valence-electron chi connectivity index (χ4n) is 3.21.